The van der Waals surface area contributed by atoms with Crippen LogP contribution in [0.4, 0.5) is 5.69 Å². The number of Topliss-reactive ketones (excluding diaryl/α,β-unsaturated/α-hetero) is 1. The van der Waals surface area contributed by atoms with Gasteiger partial charge in [-0.05, 0) is 29.8 Å². The second-order valence-corrected chi connectivity index (χ2v) is 9.41. The van der Waals surface area contributed by atoms with Gasteiger partial charge in [-0.1, -0.05) is 38.0 Å². The summed E-state index contributed by atoms with van der Waals surface area (Å²) in [6.45, 7) is 5.96. The van der Waals surface area contributed by atoms with Crippen LogP contribution in [0.25, 0.3) is 11.4 Å². The van der Waals surface area contributed by atoms with Gasteiger partial charge >= 0.3 is 5.82 Å². The van der Waals surface area contributed by atoms with E-state index in [0.29, 0.717) is 23.1 Å². The maximum atomic E-state index is 12.9. The van der Waals surface area contributed by atoms with Crippen molar-refractivity contribution in [2.45, 2.75) is 27.3 Å². The van der Waals surface area contributed by atoms with Crippen molar-refractivity contribution in [3.63, 3.8) is 0 Å². The normalized spacial score (nSPS) is 11.5. The largest absolute Gasteiger partial charge is 0.493 e. The third kappa shape index (κ3) is 5.82. The lowest BCUT2D eigenvalue weighted by Gasteiger charge is -2.16. The molecule has 3 aromatic rings. The first-order valence-electron chi connectivity index (χ1n) is 11.3. The van der Waals surface area contributed by atoms with Gasteiger partial charge in [-0.2, -0.15) is 0 Å². The van der Waals surface area contributed by atoms with E-state index >= 15 is 0 Å². The van der Waals surface area contributed by atoms with E-state index in [2.05, 4.69) is 0 Å². The number of carbonyl (C=O) groups is 1. The highest BCUT2D eigenvalue weighted by molar-refractivity contribution is 5.82. The number of anilines is 1. The predicted octanol–water partition coefficient (Wildman–Crippen LogP) is 4.03. The minimum atomic E-state index is -0.473. The molecule has 0 N–H and O–H groups in total. The molecule has 0 spiro atoms. The molecule has 0 amide bonds. The fourth-order valence-corrected chi connectivity index (χ4v) is 3.52. The summed E-state index contributed by atoms with van der Waals surface area (Å²) in [5.41, 5.74) is 2.36. The Balaban J connectivity index is 2.12. The standard InChI is InChI=1S/C27H35N4O4/c1-27(2,3)24(32)18-30-13-14-31(28-17-19-9-11-21(12-10-19)29(4)5)26(30)20-15-22(33-6)25(35-8)23(16-20)34-7/h9-17H,18H2,1-8H3/q+1/b28-17+. The Kier molecular flexibility index (Phi) is 7.84. The molecule has 0 bridgehead atoms. The Morgan fingerprint density at radius 1 is 1.03 bits per heavy atom. The van der Waals surface area contributed by atoms with Crippen LogP contribution in [-0.4, -0.2) is 52.1 Å². The number of rotatable bonds is 9. The quantitative estimate of drug-likeness (QED) is 0.342. The van der Waals surface area contributed by atoms with Crippen molar-refractivity contribution >= 4 is 17.7 Å². The molecule has 0 aliphatic rings. The zero-order valence-corrected chi connectivity index (χ0v) is 21.8. The maximum absolute atomic E-state index is 12.9. The van der Waals surface area contributed by atoms with E-state index in [4.69, 9.17) is 19.3 Å². The number of nitrogens with zero attached hydrogens (tertiary/aromatic N) is 4. The van der Waals surface area contributed by atoms with Gasteiger partial charge in [0.25, 0.3) is 0 Å². The van der Waals surface area contributed by atoms with Crippen LogP contribution in [0.15, 0.2) is 53.9 Å². The lowest BCUT2D eigenvalue weighted by molar-refractivity contribution is -0.673. The summed E-state index contributed by atoms with van der Waals surface area (Å²) in [6.07, 6.45) is 5.48. The fraction of sp³-hybridized carbons (Fsp3) is 0.370. The minimum absolute atomic E-state index is 0.109. The summed E-state index contributed by atoms with van der Waals surface area (Å²) in [7, 11) is 8.73. The summed E-state index contributed by atoms with van der Waals surface area (Å²) in [5.74, 6) is 2.36. The number of methoxy groups -OCH3 is 3. The fourth-order valence-electron chi connectivity index (χ4n) is 3.52. The first-order chi connectivity index (χ1) is 16.6. The van der Waals surface area contributed by atoms with Crippen molar-refractivity contribution in [1.82, 2.24) is 4.68 Å². The molecule has 186 valence electrons. The average Bonchev–Trinajstić information content (AvgIpc) is 3.23. The van der Waals surface area contributed by atoms with E-state index in [1.807, 2.05) is 93.1 Å². The summed E-state index contributed by atoms with van der Waals surface area (Å²) in [6, 6.07) is 11.8. The molecule has 8 heteroatoms. The number of carbonyl (C=O) groups excluding carboxylic acids is 1. The van der Waals surface area contributed by atoms with Gasteiger partial charge in [-0.15, -0.1) is 4.68 Å². The van der Waals surface area contributed by atoms with E-state index in [0.717, 1.165) is 16.8 Å². The molecule has 0 aliphatic heterocycles. The summed E-state index contributed by atoms with van der Waals surface area (Å²) < 4.78 is 20.2. The number of benzene rings is 2. The summed E-state index contributed by atoms with van der Waals surface area (Å²) >= 11 is 0. The van der Waals surface area contributed by atoms with Crippen LogP contribution in [-0.2, 0) is 11.3 Å². The van der Waals surface area contributed by atoms with Gasteiger partial charge < -0.3 is 19.1 Å². The Morgan fingerprint density at radius 3 is 2.11 bits per heavy atom. The van der Waals surface area contributed by atoms with Crippen LogP contribution in [0, 0.1) is 5.41 Å². The highest BCUT2D eigenvalue weighted by atomic mass is 16.5. The average molecular weight is 480 g/mol. The number of hydrogen-bond acceptors (Lipinski definition) is 6. The van der Waals surface area contributed by atoms with Crippen LogP contribution < -0.4 is 23.7 Å². The lowest BCUT2D eigenvalue weighted by Crippen LogP contribution is -2.42. The van der Waals surface area contributed by atoms with Crippen molar-refractivity contribution in [3.05, 3.63) is 54.4 Å². The zero-order valence-electron chi connectivity index (χ0n) is 21.8. The van der Waals surface area contributed by atoms with E-state index in [9.17, 15) is 4.79 Å². The number of aromatic nitrogens is 2. The van der Waals surface area contributed by atoms with Crippen molar-refractivity contribution in [2.24, 2.45) is 10.5 Å². The molecule has 35 heavy (non-hydrogen) atoms. The van der Waals surface area contributed by atoms with Gasteiger partial charge in [0, 0.05) is 25.2 Å². The lowest BCUT2D eigenvalue weighted by atomic mass is 9.91. The number of ketones is 1. The predicted molar refractivity (Wildman–Crippen MR) is 138 cm³/mol. The Labute approximate surface area is 207 Å². The van der Waals surface area contributed by atoms with Crippen LogP contribution in [0.3, 0.4) is 0 Å². The molecular formula is C27H35N4O4+. The molecule has 1 heterocycles. The minimum Gasteiger partial charge on any atom is -0.493 e. The molecule has 8 nitrogen and oxygen atoms in total. The number of imidazole rings is 1. The van der Waals surface area contributed by atoms with Crippen molar-refractivity contribution in [3.8, 4) is 28.6 Å². The highest BCUT2D eigenvalue weighted by Crippen LogP contribution is 2.40. The van der Waals surface area contributed by atoms with E-state index < -0.39 is 5.41 Å². The van der Waals surface area contributed by atoms with Crippen LogP contribution in [0.5, 0.6) is 17.2 Å². The smallest absolute Gasteiger partial charge is 0.315 e. The van der Waals surface area contributed by atoms with Gasteiger partial charge in [0.15, 0.2) is 23.5 Å². The highest BCUT2D eigenvalue weighted by Gasteiger charge is 2.29. The molecule has 0 saturated heterocycles. The second-order valence-electron chi connectivity index (χ2n) is 9.41. The van der Waals surface area contributed by atoms with Crippen LogP contribution in [0.1, 0.15) is 26.3 Å². The first-order valence-corrected chi connectivity index (χ1v) is 11.3. The maximum Gasteiger partial charge on any atom is 0.315 e. The van der Waals surface area contributed by atoms with Crippen molar-refractivity contribution in [1.29, 1.82) is 0 Å². The van der Waals surface area contributed by atoms with Gasteiger partial charge in [0.05, 0.1) is 33.1 Å². The van der Waals surface area contributed by atoms with Gasteiger partial charge in [-0.3, -0.25) is 4.79 Å². The molecule has 0 radical (unpaired) electrons. The Hall–Kier alpha value is -3.81. The topological polar surface area (TPSA) is 69.2 Å². The van der Waals surface area contributed by atoms with Crippen molar-refractivity contribution < 1.29 is 23.6 Å². The van der Waals surface area contributed by atoms with Crippen molar-refractivity contribution in [2.75, 3.05) is 40.3 Å². The molecule has 0 aliphatic carbocycles. The van der Waals surface area contributed by atoms with E-state index in [1.165, 1.54) is 0 Å². The number of ether oxygens (including phenoxy) is 3. The molecule has 2 aromatic carbocycles. The summed E-state index contributed by atoms with van der Waals surface area (Å²) in [4.78, 5) is 14.9. The van der Waals surface area contributed by atoms with Crippen LogP contribution >= 0.6 is 0 Å². The Morgan fingerprint density at radius 2 is 1.63 bits per heavy atom. The molecular weight excluding hydrogens is 444 g/mol. The van der Waals surface area contributed by atoms with Gasteiger partial charge in [0.2, 0.25) is 5.75 Å². The van der Waals surface area contributed by atoms with Gasteiger partial charge in [0.1, 0.15) is 12.7 Å². The molecule has 0 atom stereocenters. The third-order valence-corrected chi connectivity index (χ3v) is 5.69. The first kappa shape index (κ1) is 25.8. The van der Waals surface area contributed by atoms with E-state index in [-0.39, 0.29) is 12.3 Å². The molecule has 3 rings (SSSR count). The summed E-state index contributed by atoms with van der Waals surface area (Å²) in [5, 5.41) is 4.70. The number of hydrogen-bond donors (Lipinski definition) is 0. The molecule has 0 fully saturated rings. The van der Waals surface area contributed by atoms with Gasteiger partial charge in [-0.25, -0.2) is 4.57 Å². The molecule has 0 unspecified atom stereocenters. The third-order valence-electron chi connectivity index (χ3n) is 5.69. The van der Waals surface area contributed by atoms with Crippen LogP contribution in [0.2, 0.25) is 0 Å². The molecule has 1 aromatic heterocycles. The monoisotopic (exact) mass is 479 g/mol. The van der Waals surface area contributed by atoms with E-state index in [1.54, 1.807) is 32.2 Å². The second kappa shape index (κ2) is 10.6. The SMILES string of the molecule is COc1cc(-c2n(/N=C/c3ccc(N(C)C)cc3)cc[n+]2CC(=O)C(C)(C)C)cc(OC)c1OC. The zero-order chi connectivity index (χ0) is 25.8. The Bertz CT molecular complexity index is 1180. The molecule has 0 saturated carbocycles.